The molecule has 150 valence electrons. The van der Waals surface area contributed by atoms with Gasteiger partial charge in [0.2, 0.25) is 0 Å². The highest BCUT2D eigenvalue weighted by Crippen LogP contribution is 2.55. The molecule has 0 aliphatic heterocycles. The second-order valence-electron chi connectivity index (χ2n) is 7.38. The summed E-state index contributed by atoms with van der Waals surface area (Å²) in [7, 11) is 1.83. The van der Waals surface area contributed by atoms with Gasteiger partial charge in [0.25, 0.3) is 5.92 Å². The lowest BCUT2D eigenvalue weighted by Crippen LogP contribution is -2.17. The summed E-state index contributed by atoms with van der Waals surface area (Å²) in [5.74, 6) is -2.89. The van der Waals surface area contributed by atoms with Crippen LogP contribution >= 0.6 is 0 Å². The Hall–Kier alpha value is -3.14. The van der Waals surface area contributed by atoms with Crippen LogP contribution in [0.1, 0.15) is 18.9 Å². The van der Waals surface area contributed by atoms with Crippen LogP contribution in [0.2, 0.25) is 0 Å². The number of aromatic nitrogens is 7. The molecule has 0 aromatic carbocycles. The molecule has 0 amide bonds. The van der Waals surface area contributed by atoms with E-state index < -0.39 is 17.9 Å². The minimum absolute atomic E-state index is 0.173. The fourth-order valence-electron chi connectivity index (χ4n) is 3.77. The van der Waals surface area contributed by atoms with E-state index in [4.69, 9.17) is 4.98 Å². The molecule has 4 heterocycles. The molecule has 1 saturated carbocycles. The molecule has 8 nitrogen and oxygen atoms in total. The zero-order chi connectivity index (χ0) is 20.2. The molecule has 0 radical (unpaired) electrons. The third kappa shape index (κ3) is 3.09. The van der Waals surface area contributed by atoms with Crippen molar-refractivity contribution in [3.05, 3.63) is 43.2 Å². The van der Waals surface area contributed by atoms with Gasteiger partial charge >= 0.3 is 0 Å². The van der Waals surface area contributed by atoms with Crippen molar-refractivity contribution in [2.75, 3.05) is 6.61 Å². The summed E-state index contributed by atoms with van der Waals surface area (Å²) < 4.78 is 32.3. The lowest BCUT2D eigenvalue weighted by atomic mass is 10.1. The Morgan fingerprint density at radius 3 is 2.72 bits per heavy atom. The van der Waals surface area contributed by atoms with Crippen molar-refractivity contribution in [1.29, 1.82) is 0 Å². The van der Waals surface area contributed by atoms with E-state index in [-0.39, 0.29) is 19.4 Å². The summed E-state index contributed by atoms with van der Waals surface area (Å²) in [6.45, 7) is -0.174. The largest absolute Gasteiger partial charge is 0.396 e. The first-order valence-electron chi connectivity index (χ1n) is 9.32. The first-order valence-corrected chi connectivity index (χ1v) is 9.32. The number of aliphatic hydroxyl groups is 1. The van der Waals surface area contributed by atoms with Crippen LogP contribution in [-0.2, 0) is 7.05 Å². The van der Waals surface area contributed by atoms with Crippen LogP contribution in [0, 0.1) is 5.92 Å². The lowest BCUT2D eigenvalue weighted by molar-refractivity contribution is 0.0795. The molecule has 1 aliphatic rings. The smallest absolute Gasteiger partial charge is 0.253 e. The van der Waals surface area contributed by atoms with E-state index in [0.29, 0.717) is 22.7 Å². The monoisotopic (exact) mass is 399 g/mol. The number of alkyl halides is 2. The van der Waals surface area contributed by atoms with Crippen LogP contribution in [0.15, 0.2) is 43.2 Å². The molecule has 0 bridgehead atoms. The summed E-state index contributed by atoms with van der Waals surface area (Å²) in [5, 5.41) is 17.8. The number of nitrogens with zero attached hydrogens (tertiary/aromatic N) is 7. The molecule has 2 unspecified atom stereocenters. The van der Waals surface area contributed by atoms with Crippen LogP contribution in [0.4, 0.5) is 8.78 Å². The molecule has 2 atom stereocenters. The van der Waals surface area contributed by atoms with Gasteiger partial charge in [0.05, 0.1) is 35.6 Å². The predicted octanol–water partition coefficient (Wildman–Crippen LogP) is 2.57. The third-order valence-electron chi connectivity index (χ3n) is 5.35. The number of aryl methyl sites for hydroxylation is 1. The van der Waals surface area contributed by atoms with Gasteiger partial charge in [-0.2, -0.15) is 10.2 Å². The van der Waals surface area contributed by atoms with E-state index >= 15 is 0 Å². The standard InChI is InChI=1S/C19H19F2N7O/c1-26-10-12(8-23-26)15-6-17-22-3-4-27(17)18(25-15)13-9-24-28(11-13)16(2-5-29)14-7-19(14,20)21/h3-4,6,8-11,14,16,29H,2,5,7H2,1H3. The van der Waals surface area contributed by atoms with Crippen molar-refractivity contribution in [2.24, 2.45) is 13.0 Å². The van der Waals surface area contributed by atoms with Gasteiger partial charge in [-0.1, -0.05) is 0 Å². The fourth-order valence-corrected chi connectivity index (χ4v) is 3.77. The fraction of sp³-hybridized carbons (Fsp3) is 0.368. The maximum atomic E-state index is 13.6. The SMILES string of the molecule is Cn1cc(-c2cc3nccn3c(-c3cnn(C(CCO)C4CC4(F)F)c3)n2)cn1. The van der Waals surface area contributed by atoms with Gasteiger partial charge in [-0.15, -0.1) is 0 Å². The van der Waals surface area contributed by atoms with Crippen molar-refractivity contribution in [2.45, 2.75) is 24.8 Å². The van der Waals surface area contributed by atoms with Gasteiger partial charge in [0, 0.05) is 56.5 Å². The predicted molar refractivity (Wildman–Crippen MR) is 100 cm³/mol. The van der Waals surface area contributed by atoms with Crippen LogP contribution in [-0.4, -0.2) is 51.6 Å². The molecule has 4 aromatic heterocycles. The lowest BCUT2D eigenvalue weighted by Gasteiger charge is -2.16. The first-order chi connectivity index (χ1) is 14.0. The summed E-state index contributed by atoms with van der Waals surface area (Å²) in [6.07, 6.45) is 10.4. The maximum Gasteiger partial charge on any atom is 0.253 e. The first kappa shape index (κ1) is 17.9. The Morgan fingerprint density at radius 1 is 1.24 bits per heavy atom. The number of aliphatic hydroxyl groups excluding tert-OH is 1. The topological polar surface area (TPSA) is 86.1 Å². The van der Waals surface area contributed by atoms with Gasteiger partial charge in [-0.25, -0.2) is 18.7 Å². The number of imidazole rings is 1. The number of hydrogen-bond acceptors (Lipinski definition) is 5. The average molecular weight is 399 g/mol. The Labute approximate surface area is 164 Å². The minimum Gasteiger partial charge on any atom is -0.396 e. The molecule has 1 N–H and O–H groups in total. The highest BCUT2D eigenvalue weighted by atomic mass is 19.3. The summed E-state index contributed by atoms with van der Waals surface area (Å²) >= 11 is 0. The van der Waals surface area contributed by atoms with Crippen LogP contribution in [0.25, 0.3) is 28.3 Å². The normalized spacial score (nSPS) is 19.0. The molecular formula is C19H19F2N7O. The summed E-state index contributed by atoms with van der Waals surface area (Å²) in [4.78, 5) is 9.12. The Morgan fingerprint density at radius 2 is 2.03 bits per heavy atom. The van der Waals surface area contributed by atoms with Crippen LogP contribution in [0.3, 0.4) is 0 Å². The van der Waals surface area contributed by atoms with Gasteiger partial charge in [-0.05, 0) is 6.42 Å². The summed E-state index contributed by atoms with van der Waals surface area (Å²) in [6, 6.07) is 1.31. The van der Waals surface area contributed by atoms with Crippen molar-refractivity contribution < 1.29 is 13.9 Å². The van der Waals surface area contributed by atoms with Crippen LogP contribution in [0.5, 0.6) is 0 Å². The van der Waals surface area contributed by atoms with E-state index in [9.17, 15) is 13.9 Å². The van der Waals surface area contributed by atoms with Crippen LogP contribution < -0.4 is 0 Å². The molecule has 10 heteroatoms. The molecule has 1 aliphatic carbocycles. The Balaban J connectivity index is 1.57. The Kier molecular flexibility index (Phi) is 3.98. The summed E-state index contributed by atoms with van der Waals surface area (Å²) in [5.41, 5.74) is 2.95. The highest BCUT2D eigenvalue weighted by Gasteiger charge is 2.60. The van der Waals surface area contributed by atoms with Gasteiger partial charge in [-0.3, -0.25) is 13.8 Å². The van der Waals surface area contributed by atoms with Crippen molar-refractivity contribution in [3.8, 4) is 22.6 Å². The van der Waals surface area contributed by atoms with Gasteiger partial charge < -0.3 is 5.11 Å². The molecule has 5 rings (SSSR count). The second kappa shape index (κ2) is 6.45. The molecule has 1 fully saturated rings. The quantitative estimate of drug-likeness (QED) is 0.539. The number of fused-ring (bicyclic) bond motifs is 1. The number of halogens is 2. The molecular weight excluding hydrogens is 380 g/mol. The van der Waals surface area contributed by atoms with E-state index in [1.807, 2.05) is 23.7 Å². The third-order valence-corrected chi connectivity index (χ3v) is 5.35. The molecule has 29 heavy (non-hydrogen) atoms. The zero-order valence-electron chi connectivity index (χ0n) is 15.7. The average Bonchev–Trinajstić information content (AvgIpc) is 3.21. The second-order valence-corrected chi connectivity index (χ2v) is 7.38. The molecule has 0 saturated heterocycles. The molecule has 0 spiro atoms. The van der Waals surface area contributed by atoms with Crippen molar-refractivity contribution >= 4 is 5.65 Å². The maximum absolute atomic E-state index is 13.6. The van der Waals surface area contributed by atoms with E-state index in [0.717, 1.165) is 5.56 Å². The zero-order valence-corrected chi connectivity index (χ0v) is 15.7. The van der Waals surface area contributed by atoms with Gasteiger partial charge in [0.1, 0.15) is 11.5 Å². The number of hydrogen-bond donors (Lipinski definition) is 1. The van der Waals surface area contributed by atoms with E-state index in [2.05, 4.69) is 15.2 Å². The highest BCUT2D eigenvalue weighted by molar-refractivity contribution is 5.68. The van der Waals surface area contributed by atoms with E-state index in [1.165, 1.54) is 4.68 Å². The Bertz CT molecular complexity index is 1180. The minimum atomic E-state index is -2.69. The van der Waals surface area contributed by atoms with Gasteiger partial charge in [0.15, 0.2) is 0 Å². The van der Waals surface area contributed by atoms with Crippen molar-refractivity contribution in [1.82, 2.24) is 33.9 Å². The van der Waals surface area contributed by atoms with Crippen molar-refractivity contribution in [3.63, 3.8) is 0 Å². The van der Waals surface area contributed by atoms with E-state index in [1.54, 1.807) is 35.7 Å². The molecule has 4 aromatic rings. The number of rotatable bonds is 6.